The molecule has 0 radical (unpaired) electrons. The molecule has 108 valence electrons. The van der Waals surface area contributed by atoms with Crippen molar-refractivity contribution in [1.29, 1.82) is 0 Å². The fourth-order valence-corrected chi connectivity index (χ4v) is 1.41. The Bertz CT molecular complexity index is 446. The molecule has 2 N–H and O–H groups in total. The topological polar surface area (TPSA) is 79.8 Å². The van der Waals surface area contributed by atoms with Crippen molar-refractivity contribution in [2.45, 2.75) is 12.8 Å². The summed E-state index contributed by atoms with van der Waals surface area (Å²) in [6.07, 6.45) is 2.00. The van der Waals surface area contributed by atoms with Gasteiger partial charge in [-0.25, -0.2) is 5.43 Å². The monoisotopic (exact) mass is 277 g/mol. The Hall–Kier alpha value is -2.21. The summed E-state index contributed by atoms with van der Waals surface area (Å²) in [7, 11) is 1.60. The van der Waals surface area contributed by atoms with Crippen LogP contribution in [0.1, 0.15) is 18.4 Å². The summed E-state index contributed by atoms with van der Waals surface area (Å²) < 4.78 is 4.85. The zero-order valence-electron chi connectivity index (χ0n) is 11.5. The van der Waals surface area contributed by atoms with Gasteiger partial charge in [-0.2, -0.15) is 5.10 Å². The largest absolute Gasteiger partial charge is 0.385 e. The van der Waals surface area contributed by atoms with E-state index in [4.69, 9.17) is 4.74 Å². The Morgan fingerprint density at radius 3 is 2.70 bits per heavy atom. The molecular formula is C14H19N3O3. The standard InChI is InChI=1S/C14H19N3O3/c1-20-9-5-8-15-13(18)10-14(19)17-16-11-12-6-3-2-4-7-12/h2-4,6-7,11H,5,8-10H2,1H3,(H,15,18)(H,17,19)/b16-11+. The number of hydrazone groups is 1. The molecule has 0 atom stereocenters. The van der Waals surface area contributed by atoms with E-state index in [1.165, 1.54) is 6.21 Å². The zero-order valence-corrected chi connectivity index (χ0v) is 11.5. The van der Waals surface area contributed by atoms with Crippen molar-refractivity contribution in [2.75, 3.05) is 20.3 Å². The first-order chi connectivity index (χ1) is 9.72. The van der Waals surface area contributed by atoms with Crippen LogP contribution in [0.2, 0.25) is 0 Å². The SMILES string of the molecule is COCCCNC(=O)CC(=O)N/N=C/c1ccccc1. The number of amides is 2. The third kappa shape index (κ3) is 7.27. The van der Waals surface area contributed by atoms with Crippen molar-refractivity contribution in [3.05, 3.63) is 35.9 Å². The molecular weight excluding hydrogens is 258 g/mol. The van der Waals surface area contributed by atoms with E-state index in [-0.39, 0.29) is 12.3 Å². The minimum absolute atomic E-state index is 0.237. The van der Waals surface area contributed by atoms with Crippen LogP contribution in [0.3, 0.4) is 0 Å². The Balaban J connectivity index is 2.19. The maximum Gasteiger partial charge on any atom is 0.249 e. The first-order valence-corrected chi connectivity index (χ1v) is 6.35. The second-order valence-electron chi connectivity index (χ2n) is 4.08. The van der Waals surface area contributed by atoms with Gasteiger partial charge in [-0.3, -0.25) is 9.59 Å². The maximum atomic E-state index is 11.4. The van der Waals surface area contributed by atoms with Gasteiger partial charge in [0.05, 0.1) is 6.21 Å². The van der Waals surface area contributed by atoms with Gasteiger partial charge in [0.25, 0.3) is 0 Å². The minimum Gasteiger partial charge on any atom is -0.385 e. The number of carbonyl (C=O) groups is 2. The summed E-state index contributed by atoms with van der Waals surface area (Å²) in [5.41, 5.74) is 3.18. The van der Waals surface area contributed by atoms with E-state index >= 15 is 0 Å². The molecule has 0 aliphatic carbocycles. The van der Waals surface area contributed by atoms with Gasteiger partial charge in [0, 0.05) is 20.3 Å². The molecule has 0 aliphatic heterocycles. The van der Waals surface area contributed by atoms with Gasteiger partial charge in [-0.05, 0) is 12.0 Å². The fraction of sp³-hybridized carbons (Fsp3) is 0.357. The number of hydrogen-bond acceptors (Lipinski definition) is 4. The summed E-state index contributed by atoms with van der Waals surface area (Å²) in [5, 5.41) is 6.40. The number of nitrogens with one attached hydrogen (secondary N) is 2. The molecule has 6 heteroatoms. The first-order valence-electron chi connectivity index (χ1n) is 6.35. The van der Waals surface area contributed by atoms with Gasteiger partial charge in [0.15, 0.2) is 0 Å². The predicted molar refractivity (Wildman–Crippen MR) is 76.3 cm³/mol. The summed E-state index contributed by atoms with van der Waals surface area (Å²) >= 11 is 0. The lowest BCUT2D eigenvalue weighted by molar-refractivity contribution is -0.129. The van der Waals surface area contributed by atoms with Crippen LogP contribution in [0.25, 0.3) is 0 Å². The second kappa shape index (κ2) is 9.69. The highest BCUT2D eigenvalue weighted by Crippen LogP contribution is 1.93. The fourth-order valence-electron chi connectivity index (χ4n) is 1.41. The number of nitrogens with zero attached hydrogens (tertiary/aromatic N) is 1. The van der Waals surface area contributed by atoms with E-state index in [1.807, 2.05) is 30.3 Å². The van der Waals surface area contributed by atoms with Crippen molar-refractivity contribution in [3.63, 3.8) is 0 Å². The van der Waals surface area contributed by atoms with Gasteiger partial charge >= 0.3 is 0 Å². The average Bonchev–Trinajstić information content (AvgIpc) is 2.45. The number of carbonyl (C=O) groups excluding carboxylic acids is 2. The van der Waals surface area contributed by atoms with Gasteiger partial charge in [0.2, 0.25) is 11.8 Å². The van der Waals surface area contributed by atoms with Crippen LogP contribution in [0.15, 0.2) is 35.4 Å². The predicted octanol–water partition coefficient (Wildman–Crippen LogP) is 0.680. The Labute approximate surface area is 118 Å². The molecule has 0 fully saturated rings. The van der Waals surface area contributed by atoms with Crippen molar-refractivity contribution in [2.24, 2.45) is 5.10 Å². The van der Waals surface area contributed by atoms with E-state index in [1.54, 1.807) is 7.11 Å². The van der Waals surface area contributed by atoms with Crippen LogP contribution in [-0.2, 0) is 14.3 Å². The van der Waals surface area contributed by atoms with Crippen molar-refractivity contribution >= 4 is 18.0 Å². The maximum absolute atomic E-state index is 11.4. The molecule has 0 bridgehead atoms. The van der Waals surface area contributed by atoms with Gasteiger partial charge in [-0.15, -0.1) is 0 Å². The lowest BCUT2D eigenvalue weighted by Gasteiger charge is -2.03. The van der Waals surface area contributed by atoms with Gasteiger partial charge < -0.3 is 10.1 Å². The van der Waals surface area contributed by atoms with Crippen LogP contribution in [0.4, 0.5) is 0 Å². The third-order valence-corrected chi connectivity index (χ3v) is 2.37. The van der Waals surface area contributed by atoms with Crippen LogP contribution < -0.4 is 10.7 Å². The molecule has 2 amide bonds. The van der Waals surface area contributed by atoms with Crippen molar-refractivity contribution in [3.8, 4) is 0 Å². The van der Waals surface area contributed by atoms with Crippen LogP contribution in [0, 0.1) is 0 Å². The van der Waals surface area contributed by atoms with Crippen LogP contribution in [-0.4, -0.2) is 38.3 Å². The van der Waals surface area contributed by atoms with E-state index in [0.29, 0.717) is 13.2 Å². The molecule has 20 heavy (non-hydrogen) atoms. The number of methoxy groups -OCH3 is 1. The highest BCUT2D eigenvalue weighted by molar-refractivity contribution is 5.97. The van der Waals surface area contributed by atoms with E-state index in [0.717, 1.165) is 12.0 Å². The number of benzene rings is 1. The lowest BCUT2D eigenvalue weighted by Crippen LogP contribution is -2.30. The Kier molecular flexibility index (Phi) is 7.67. The van der Waals surface area contributed by atoms with E-state index in [9.17, 15) is 9.59 Å². The Morgan fingerprint density at radius 1 is 1.25 bits per heavy atom. The summed E-state index contributed by atoms with van der Waals surface area (Å²) in [5.74, 6) is -0.769. The molecule has 0 heterocycles. The van der Waals surface area contributed by atoms with Gasteiger partial charge in [0.1, 0.15) is 6.42 Å². The second-order valence-corrected chi connectivity index (χ2v) is 4.08. The molecule has 0 unspecified atom stereocenters. The van der Waals surface area contributed by atoms with Crippen LogP contribution >= 0.6 is 0 Å². The molecule has 0 aromatic heterocycles. The number of ether oxygens (including phenoxy) is 1. The normalized spacial score (nSPS) is 10.4. The lowest BCUT2D eigenvalue weighted by atomic mass is 10.2. The molecule has 1 rings (SSSR count). The average molecular weight is 277 g/mol. The van der Waals surface area contributed by atoms with E-state index < -0.39 is 5.91 Å². The highest BCUT2D eigenvalue weighted by atomic mass is 16.5. The van der Waals surface area contributed by atoms with Crippen molar-refractivity contribution in [1.82, 2.24) is 10.7 Å². The molecule has 0 saturated heterocycles. The van der Waals surface area contributed by atoms with Gasteiger partial charge in [-0.1, -0.05) is 30.3 Å². The quantitative estimate of drug-likeness (QED) is 0.317. The molecule has 0 aliphatic rings. The molecule has 1 aromatic carbocycles. The summed E-state index contributed by atoms with van der Waals surface area (Å²) in [4.78, 5) is 22.8. The highest BCUT2D eigenvalue weighted by Gasteiger charge is 2.07. The number of rotatable bonds is 8. The molecule has 1 aromatic rings. The summed E-state index contributed by atoms with van der Waals surface area (Å²) in [6, 6.07) is 9.35. The first kappa shape index (κ1) is 15.8. The third-order valence-electron chi connectivity index (χ3n) is 2.37. The molecule has 0 spiro atoms. The van der Waals surface area contributed by atoms with E-state index in [2.05, 4.69) is 15.8 Å². The number of hydrogen-bond donors (Lipinski definition) is 2. The zero-order chi connectivity index (χ0) is 14.6. The van der Waals surface area contributed by atoms with Crippen LogP contribution in [0.5, 0.6) is 0 Å². The molecule has 0 saturated carbocycles. The molecule has 6 nitrogen and oxygen atoms in total. The van der Waals surface area contributed by atoms with Crippen molar-refractivity contribution < 1.29 is 14.3 Å². The smallest absolute Gasteiger partial charge is 0.249 e. The Morgan fingerprint density at radius 2 is 2.00 bits per heavy atom. The summed E-state index contributed by atoms with van der Waals surface area (Å²) in [6.45, 7) is 1.07. The minimum atomic E-state index is -0.443.